The van der Waals surface area contributed by atoms with Gasteiger partial charge in [0.2, 0.25) is 0 Å². The van der Waals surface area contributed by atoms with Gasteiger partial charge in [0, 0.05) is 23.0 Å². The van der Waals surface area contributed by atoms with E-state index in [1.165, 1.54) is 12.1 Å². The zero-order chi connectivity index (χ0) is 19.7. The first-order chi connectivity index (χ1) is 13.5. The molecule has 0 atom stereocenters. The van der Waals surface area contributed by atoms with E-state index in [1.807, 2.05) is 48.5 Å². The Morgan fingerprint density at radius 3 is 2.43 bits per heavy atom. The van der Waals surface area contributed by atoms with Crippen LogP contribution in [0.2, 0.25) is 5.02 Å². The summed E-state index contributed by atoms with van der Waals surface area (Å²) in [5.74, 6) is -2.14. The normalized spacial score (nSPS) is 10.8. The Bertz CT molecular complexity index is 1200. The summed E-state index contributed by atoms with van der Waals surface area (Å²) in [4.78, 5) is 25.7. The minimum atomic E-state index is -0.830. The maximum absolute atomic E-state index is 13.3. The number of nitrogens with one attached hydrogen (secondary N) is 1. The number of carbonyl (C=O) groups is 2. The van der Waals surface area contributed by atoms with Gasteiger partial charge in [0.15, 0.2) is 0 Å². The van der Waals surface area contributed by atoms with Crippen molar-refractivity contribution in [1.29, 1.82) is 0 Å². The molecule has 0 aliphatic heterocycles. The number of ketones is 1. The Morgan fingerprint density at radius 2 is 1.68 bits per heavy atom. The lowest BCUT2D eigenvalue weighted by Crippen LogP contribution is -2.24. The number of Topliss-reactive ketones (excluding diaryl/α,β-unsaturated/α-hetero) is 1. The summed E-state index contributed by atoms with van der Waals surface area (Å²) in [6.07, 6.45) is 1.73. The van der Waals surface area contributed by atoms with Crippen LogP contribution < -0.4 is 5.32 Å². The zero-order valence-corrected chi connectivity index (χ0v) is 15.3. The van der Waals surface area contributed by atoms with Crippen LogP contribution in [0, 0.1) is 5.82 Å². The van der Waals surface area contributed by atoms with Crippen molar-refractivity contribution >= 4 is 34.5 Å². The number of anilines is 1. The molecule has 0 saturated carbocycles. The third-order valence-corrected chi connectivity index (χ3v) is 4.65. The predicted octanol–water partition coefficient (Wildman–Crippen LogP) is 5.22. The first-order valence-electron chi connectivity index (χ1n) is 8.51. The van der Waals surface area contributed by atoms with E-state index in [1.54, 1.807) is 16.7 Å². The van der Waals surface area contributed by atoms with Gasteiger partial charge in [-0.25, -0.2) is 4.39 Å². The molecule has 1 amide bonds. The third-order valence-electron chi connectivity index (χ3n) is 4.36. The van der Waals surface area contributed by atoms with Crippen LogP contribution in [-0.2, 0) is 4.79 Å². The van der Waals surface area contributed by atoms with Crippen molar-refractivity contribution in [2.75, 3.05) is 5.32 Å². The smallest absolute Gasteiger partial charge is 0.298 e. The molecule has 4 nitrogen and oxygen atoms in total. The van der Waals surface area contributed by atoms with E-state index in [9.17, 15) is 14.0 Å². The monoisotopic (exact) mass is 392 g/mol. The van der Waals surface area contributed by atoms with Crippen LogP contribution in [0.4, 0.5) is 10.1 Å². The quantitative estimate of drug-likeness (QED) is 0.382. The number of fused-ring (bicyclic) bond motifs is 1. The van der Waals surface area contributed by atoms with Gasteiger partial charge in [0.05, 0.1) is 5.02 Å². The number of carbonyl (C=O) groups excluding carboxylic acids is 2. The highest BCUT2D eigenvalue weighted by atomic mass is 35.5. The Labute approximate surface area is 165 Å². The lowest BCUT2D eigenvalue weighted by Gasteiger charge is -2.08. The SMILES string of the molecule is O=C(Nc1ccc(F)c(Cl)c1)C(=O)c1c(-c2ccccc2)cc2ccccn12. The molecule has 0 saturated heterocycles. The summed E-state index contributed by atoms with van der Waals surface area (Å²) in [5, 5.41) is 2.35. The molecule has 2 aromatic carbocycles. The Morgan fingerprint density at radius 1 is 0.929 bits per heavy atom. The summed E-state index contributed by atoms with van der Waals surface area (Å²) in [7, 11) is 0. The molecule has 0 unspecified atom stereocenters. The number of halogens is 2. The van der Waals surface area contributed by atoms with Crippen molar-refractivity contribution in [2.45, 2.75) is 0 Å². The predicted molar refractivity (Wildman–Crippen MR) is 107 cm³/mol. The van der Waals surface area contributed by atoms with Crippen molar-refractivity contribution in [3.05, 3.63) is 95.5 Å². The molecular weight excluding hydrogens is 379 g/mol. The van der Waals surface area contributed by atoms with Crippen LogP contribution in [0.5, 0.6) is 0 Å². The van der Waals surface area contributed by atoms with Gasteiger partial charge >= 0.3 is 0 Å². The van der Waals surface area contributed by atoms with Crippen molar-refractivity contribution < 1.29 is 14.0 Å². The van der Waals surface area contributed by atoms with Gasteiger partial charge in [-0.05, 0) is 42.0 Å². The molecule has 0 bridgehead atoms. The van der Waals surface area contributed by atoms with Gasteiger partial charge in [-0.15, -0.1) is 0 Å². The minimum absolute atomic E-state index is 0.136. The third kappa shape index (κ3) is 3.28. The number of aromatic nitrogens is 1. The van der Waals surface area contributed by atoms with Crippen molar-refractivity contribution in [2.24, 2.45) is 0 Å². The second-order valence-electron chi connectivity index (χ2n) is 6.18. The Kier molecular flexibility index (Phi) is 4.67. The number of pyridine rings is 1. The van der Waals surface area contributed by atoms with Gasteiger partial charge in [0.1, 0.15) is 11.5 Å². The van der Waals surface area contributed by atoms with Gasteiger partial charge in [-0.3, -0.25) is 9.59 Å². The van der Waals surface area contributed by atoms with Crippen LogP contribution in [0.15, 0.2) is 79.0 Å². The molecule has 2 heterocycles. The van der Waals surface area contributed by atoms with Crippen LogP contribution in [0.25, 0.3) is 16.6 Å². The second-order valence-corrected chi connectivity index (χ2v) is 6.59. The average Bonchev–Trinajstić information content (AvgIpc) is 3.10. The highest BCUT2D eigenvalue weighted by Crippen LogP contribution is 2.28. The highest BCUT2D eigenvalue weighted by Gasteiger charge is 2.24. The second kappa shape index (κ2) is 7.29. The van der Waals surface area contributed by atoms with E-state index < -0.39 is 17.5 Å². The molecule has 4 aromatic rings. The van der Waals surface area contributed by atoms with Crippen LogP contribution >= 0.6 is 11.6 Å². The summed E-state index contributed by atoms with van der Waals surface area (Å²) in [5.41, 5.74) is 2.78. The van der Waals surface area contributed by atoms with E-state index >= 15 is 0 Å². The molecule has 0 fully saturated rings. The van der Waals surface area contributed by atoms with E-state index in [0.717, 1.165) is 17.1 Å². The molecule has 4 rings (SSSR count). The van der Waals surface area contributed by atoms with Crippen molar-refractivity contribution in [3.8, 4) is 11.1 Å². The Balaban J connectivity index is 1.76. The van der Waals surface area contributed by atoms with E-state index in [-0.39, 0.29) is 16.4 Å². The zero-order valence-electron chi connectivity index (χ0n) is 14.5. The van der Waals surface area contributed by atoms with Gasteiger partial charge in [-0.1, -0.05) is 48.0 Å². The van der Waals surface area contributed by atoms with E-state index in [0.29, 0.717) is 5.56 Å². The van der Waals surface area contributed by atoms with E-state index in [4.69, 9.17) is 11.6 Å². The number of amides is 1. The fourth-order valence-corrected chi connectivity index (χ4v) is 3.24. The Hall–Kier alpha value is -3.44. The number of benzene rings is 2. The molecule has 138 valence electrons. The molecule has 0 spiro atoms. The number of nitrogens with zero attached hydrogens (tertiary/aromatic N) is 1. The maximum Gasteiger partial charge on any atom is 0.298 e. The molecule has 28 heavy (non-hydrogen) atoms. The summed E-state index contributed by atoms with van der Waals surface area (Å²) < 4.78 is 15.0. The first kappa shape index (κ1) is 17.9. The number of hydrogen-bond acceptors (Lipinski definition) is 2. The molecule has 0 radical (unpaired) electrons. The topological polar surface area (TPSA) is 50.6 Å². The van der Waals surface area contributed by atoms with Crippen LogP contribution in [-0.4, -0.2) is 16.1 Å². The minimum Gasteiger partial charge on any atom is -0.319 e. The van der Waals surface area contributed by atoms with Crippen LogP contribution in [0.1, 0.15) is 10.5 Å². The fraction of sp³-hybridized carbons (Fsp3) is 0. The first-order valence-corrected chi connectivity index (χ1v) is 8.88. The maximum atomic E-state index is 13.3. The van der Waals surface area contributed by atoms with E-state index in [2.05, 4.69) is 5.32 Å². The lowest BCUT2D eigenvalue weighted by atomic mass is 10.0. The van der Waals surface area contributed by atoms with Crippen molar-refractivity contribution in [3.63, 3.8) is 0 Å². The molecule has 0 aliphatic carbocycles. The molecule has 2 aromatic heterocycles. The molecule has 1 N–H and O–H groups in total. The van der Waals surface area contributed by atoms with Gasteiger partial charge in [-0.2, -0.15) is 0 Å². The molecular formula is C22H14ClFN2O2. The molecule has 0 aliphatic rings. The lowest BCUT2D eigenvalue weighted by molar-refractivity contribution is -0.112. The van der Waals surface area contributed by atoms with Crippen LogP contribution in [0.3, 0.4) is 0 Å². The number of rotatable bonds is 4. The largest absolute Gasteiger partial charge is 0.319 e. The molecule has 6 heteroatoms. The van der Waals surface area contributed by atoms with Gasteiger partial charge < -0.3 is 9.72 Å². The standard InChI is InChI=1S/C22H14ClFN2O2/c23-18-12-15(9-10-19(18)24)25-22(28)21(27)20-17(14-6-2-1-3-7-14)13-16-8-4-5-11-26(16)20/h1-13H,(H,25,28). The van der Waals surface area contributed by atoms with Gasteiger partial charge in [0.25, 0.3) is 11.7 Å². The fourth-order valence-electron chi connectivity index (χ4n) is 3.06. The summed E-state index contributed by atoms with van der Waals surface area (Å²) >= 11 is 5.74. The highest BCUT2D eigenvalue weighted by molar-refractivity contribution is 6.47. The number of hydrogen-bond donors (Lipinski definition) is 1. The summed E-state index contributed by atoms with van der Waals surface area (Å²) in [6, 6.07) is 20.5. The summed E-state index contributed by atoms with van der Waals surface area (Å²) in [6.45, 7) is 0. The van der Waals surface area contributed by atoms with Crippen molar-refractivity contribution in [1.82, 2.24) is 4.40 Å². The average molecular weight is 393 g/mol.